The van der Waals surface area contributed by atoms with E-state index in [-0.39, 0.29) is 5.54 Å². The molecule has 4 heterocycles. The first-order valence-electron chi connectivity index (χ1n) is 12.4. The van der Waals surface area contributed by atoms with Gasteiger partial charge in [-0.15, -0.1) is 0 Å². The van der Waals surface area contributed by atoms with Crippen LogP contribution in [0.1, 0.15) is 65.1 Å². The summed E-state index contributed by atoms with van der Waals surface area (Å²) in [7, 11) is 0. The molecule has 1 aromatic rings. The largest absolute Gasteiger partial charge is 0.375 e. The number of dihydropyridines is 1. The van der Waals surface area contributed by atoms with Crippen molar-refractivity contribution in [2.45, 2.75) is 90.1 Å². The number of hydrogen-bond acceptors (Lipinski definition) is 7. The molecule has 0 spiro atoms. The molecule has 1 aromatic heterocycles. The van der Waals surface area contributed by atoms with E-state index >= 15 is 0 Å². The van der Waals surface area contributed by atoms with Crippen LogP contribution in [0.2, 0.25) is 0 Å². The smallest absolute Gasteiger partial charge is 0.261 e. The van der Waals surface area contributed by atoms with Crippen LogP contribution in [0.15, 0.2) is 45.8 Å². The number of hydrogen-bond donors (Lipinski definition) is 2. The Hall–Kier alpha value is -2.38. The maximum atomic E-state index is 5.92. The van der Waals surface area contributed by atoms with Crippen molar-refractivity contribution in [1.29, 1.82) is 0 Å². The summed E-state index contributed by atoms with van der Waals surface area (Å²) >= 11 is 0. The standard InChI is InChI=1S/C26H37N5O2/c1-16-6-9-26(5)20(12-16)15-23(25-27-19(4)30-33-25)24(29-26)31-10-7-21(8-11-31)28-22-13-17(2)32-18(3)14-22/h6,9,12,15,17-18,21-22,28-29H,7-8,10-11,13-14H2,1-5H3. The topological polar surface area (TPSA) is 75.5 Å². The zero-order valence-electron chi connectivity index (χ0n) is 20.5. The SMILES string of the molecule is CC1=CC2=CC(c3nc(C)no3)=C(N3CCC(NC4CC(C)OC(C)C4)CC3)NC2(C)C=C1. The Bertz CT molecular complexity index is 1000. The first kappa shape index (κ1) is 22.4. The van der Waals surface area contributed by atoms with Gasteiger partial charge in [0.1, 0.15) is 5.82 Å². The maximum Gasteiger partial charge on any atom is 0.261 e. The Morgan fingerprint density at radius 3 is 2.48 bits per heavy atom. The van der Waals surface area contributed by atoms with Crippen LogP contribution in [0.3, 0.4) is 0 Å². The molecule has 2 fully saturated rings. The molecule has 0 aromatic carbocycles. The van der Waals surface area contributed by atoms with E-state index in [9.17, 15) is 0 Å². The number of nitrogens with one attached hydrogen (secondary N) is 2. The average molecular weight is 452 g/mol. The predicted octanol–water partition coefficient (Wildman–Crippen LogP) is 3.86. The Morgan fingerprint density at radius 2 is 1.82 bits per heavy atom. The van der Waals surface area contributed by atoms with E-state index in [2.05, 4.69) is 77.7 Å². The third-order valence-electron chi connectivity index (χ3n) is 7.33. The quantitative estimate of drug-likeness (QED) is 0.720. The molecule has 5 rings (SSSR count). The molecule has 7 nitrogen and oxygen atoms in total. The van der Waals surface area contributed by atoms with Crippen LogP contribution < -0.4 is 10.6 Å². The van der Waals surface area contributed by atoms with E-state index in [0.29, 0.717) is 36.0 Å². The lowest BCUT2D eigenvalue weighted by Crippen LogP contribution is -2.53. The van der Waals surface area contributed by atoms with Gasteiger partial charge in [0.25, 0.3) is 5.89 Å². The van der Waals surface area contributed by atoms with Crippen LogP contribution in [0.25, 0.3) is 5.57 Å². The van der Waals surface area contributed by atoms with E-state index in [1.165, 1.54) is 11.1 Å². The normalized spacial score (nSPS) is 32.9. The van der Waals surface area contributed by atoms with Gasteiger partial charge in [0.05, 0.1) is 23.3 Å². The number of rotatable bonds is 4. The molecule has 0 radical (unpaired) electrons. The second-order valence-corrected chi connectivity index (χ2v) is 10.4. The highest BCUT2D eigenvalue weighted by Crippen LogP contribution is 2.37. The molecule has 178 valence electrons. The lowest BCUT2D eigenvalue weighted by Gasteiger charge is -2.44. The first-order chi connectivity index (χ1) is 15.8. The fourth-order valence-electron chi connectivity index (χ4n) is 5.64. The van der Waals surface area contributed by atoms with Gasteiger partial charge in [0.15, 0.2) is 5.82 Å². The van der Waals surface area contributed by atoms with E-state index in [1.807, 2.05) is 6.92 Å². The van der Waals surface area contributed by atoms with Crippen molar-refractivity contribution in [2.24, 2.45) is 0 Å². The van der Waals surface area contributed by atoms with Gasteiger partial charge < -0.3 is 24.8 Å². The van der Waals surface area contributed by atoms with E-state index < -0.39 is 0 Å². The number of aromatic nitrogens is 2. The molecule has 7 heteroatoms. The molecule has 0 saturated carbocycles. The lowest BCUT2D eigenvalue weighted by atomic mass is 9.82. The minimum absolute atomic E-state index is 0.239. The van der Waals surface area contributed by atoms with Crippen molar-refractivity contribution in [2.75, 3.05) is 13.1 Å². The van der Waals surface area contributed by atoms with E-state index in [1.54, 1.807) is 0 Å². The lowest BCUT2D eigenvalue weighted by molar-refractivity contribution is -0.0444. The van der Waals surface area contributed by atoms with Crippen molar-refractivity contribution in [3.05, 3.63) is 53.0 Å². The summed E-state index contributed by atoms with van der Waals surface area (Å²) in [6.45, 7) is 12.6. The second kappa shape index (κ2) is 8.76. The second-order valence-electron chi connectivity index (χ2n) is 10.4. The monoisotopic (exact) mass is 451 g/mol. The number of likely N-dealkylation sites (tertiary alicyclic amines) is 1. The molecule has 33 heavy (non-hydrogen) atoms. The molecular formula is C26H37N5O2. The van der Waals surface area contributed by atoms with Crippen LogP contribution in [-0.2, 0) is 4.74 Å². The van der Waals surface area contributed by atoms with E-state index in [0.717, 1.165) is 50.2 Å². The zero-order valence-corrected chi connectivity index (χ0v) is 20.5. The van der Waals surface area contributed by atoms with Gasteiger partial charge in [0, 0.05) is 25.2 Å². The van der Waals surface area contributed by atoms with Crippen molar-refractivity contribution < 1.29 is 9.26 Å². The van der Waals surface area contributed by atoms with Gasteiger partial charge in [-0.3, -0.25) is 0 Å². The number of fused-ring (bicyclic) bond motifs is 1. The Morgan fingerprint density at radius 1 is 1.09 bits per heavy atom. The number of ether oxygens (including phenoxy) is 1. The Kier molecular flexibility index (Phi) is 5.95. The fourth-order valence-corrected chi connectivity index (χ4v) is 5.64. The Labute approximate surface area is 197 Å². The van der Waals surface area contributed by atoms with Crippen molar-refractivity contribution >= 4 is 5.57 Å². The summed E-state index contributed by atoms with van der Waals surface area (Å²) in [6, 6.07) is 1.10. The maximum absolute atomic E-state index is 5.92. The molecule has 4 aliphatic rings. The highest BCUT2D eigenvalue weighted by molar-refractivity contribution is 5.76. The number of nitrogens with zero attached hydrogens (tertiary/aromatic N) is 3. The summed E-state index contributed by atoms with van der Waals surface area (Å²) in [6.07, 6.45) is 14.0. The van der Waals surface area contributed by atoms with Crippen LogP contribution in [0, 0.1) is 6.92 Å². The average Bonchev–Trinajstić information content (AvgIpc) is 3.19. The molecule has 3 aliphatic heterocycles. The molecule has 1 aliphatic carbocycles. The van der Waals surface area contributed by atoms with Gasteiger partial charge in [-0.2, -0.15) is 4.98 Å². The number of piperidine rings is 1. The van der Waals surface area contributed by atoms with Crippen LogP contribution in [-0.4, -0.2) is 58.0 Å². The van der Waals surface area contributed by atoms with Gasteiger partial charge in [-0.1, -0.05) is 29.0 Å². The predicted molar refractivity (Wildman–Crippen MR) is 129 cm³/mol. The summed E-state index contributed by atoms with van der Waals surface area (Å²) in [5.74, 6) is 2.33. The van der Waals surface area contributed by atoms with Gasteiger partial charge in [-0.05, 0) is 72.0 Å². The summed E-state index contributed by atoms with van der Waals surface area (Å²) in [5.41, 5.74) is 3.21. The minimum atomic E-state index is -0.239. The van der Waals surface area contributed by atoms with Crippen molar-refractivity contribution in [3.63, 3.8) is 0 Å². The molecule has 2 saturated heterocycles. The minimum Gasteiger partial charge on any atom is -0.375 e. The summed E-state index contributed by atoms with van der Waals surface area (Å²) in [4.78, 5) is 7.01. The van der Waals surface area contributed by atoms with Crippen LogP contribution in [0.5, 0.6) is 0 Å². The third kappa shape index (κ3) is 4.66. The van der Waals surface area contributed by atoms with Gasteiger partial charge in [0.2, 0.25) is 0 Å². The highest BCUT2D eigenvalue weighted by atomic mass is 16.5. The molecule has 3 atom stereocenters. The summed E-state index contributed by atoms with van der Waals surface area (Å²) < 4.78 is 11.5. The number of allylic oxidation sites excluding steroid dienone is 4. The highest BCUT2D eigenvalue weighted by Gasteiger charge is 2.37. The van der Waals surface area contributed by atoms with Crippen LogP contribution in [0.4, 0.5) is 0 Å². The molecule has 0 bridgehead atoms. The molecule has 3 unspecified atom stereocenters. The molecular weight excluding hydrogens is 414 g/mol. The van der Waals surface area contributed by atoms with Gasteiger partial charge in [-0.25, -0.2) is 0 Å². The zero-order chi connectivity index (χ0) is 23.2. The molecule has 2 N–H and O–H groups in total. The van der Waals surface area contributed by atoms with Crippen molar-refractivity contribution in [1.82, 2.24) is 25.7 Å². The number of aryl methyl sites for hydroxylation is 1. The Balaban J connectivity index is 1.35. The third-order valence-corrected chi connectivity index (χ3v) is 7.33. The fraction of sp³-hybridized carbons (Fsp3) is 0.615. The first-order valence-corrected chi connectivity index (χ1v) is 12.4. The molecule has 0 amide bonds. The van der Waals surface area contributed by atoms with Crippen LogP contribution >= 0.6 is 0 Å². The van der Waals surface area contributed by atoms with Gasteiger partial charge >= 0.3 is 0 Å². The van der Waals surface area contributed by atoms with E-state index in [4.69, 9.17) is 9.26 Å². The summed E-state index contributed by atoms with van der Waals surface area (Å²) in [5, 5.41) is 11.8. The van der Waals surface area contributed by atoms with Crippen molar-refractivity contribution in [3.8, 4) is 0 Å².